The first-order valence-electron chi connectivity index (χ1n) is 3.94. The van der Waals surface area contributed by atoms with Gasteiger partial charge in [0.25, 0.3) is 0 Å². The molecule has 0 bridgehead atoms. The monoisotopic (exact) mass is 167 g/mol. The Morgan fingerprint density at radius 3 is 3.08 bits per heavy atom. The van der Waals surface area contributed by atoms with Crippen molar-refractivity contribution in [3.8, 4) is 0 Å². The summed E-state index contributed by atoms with van der Waals surface area (Å²) in [7, 11) is 0. The standard InChI is InChI=1S/C8H13N3O/c1-7(9)5-8-10-3-2-4-11(8)6-12/h5-6H,2-4,9H2,1H3/b7-5-. The molecule has 0 aliphatic carbocycles. The molecule has 0 saturated heterocycles. The molecule has 1 heterocycles. The van der Waals surface area contributed by atoms with Crippen molar-refractivity contribution in [2.24, 2.45) is 10.7 Å². The van der Waals surface area contributed by atoms with Gasteiger partial charge in [0.1, 0.15) is 5.84 Å². The minimum absolute atomic E-state index is 0.669. The second kappa shape index (κ2) is 3.90. The van der Waals surface area contributed by atoms with Gasteiger partial charge in [-0.3, -0.25) is 14.7 Å². The molecule has 0 aromatic carbocycles. The molecule has 2 N–H and O–H groups in total. The van der Waals surface area contributed by atoms with Gasteiger partial charge in [-0.05, 0) is 19.4 Å². The topological polar surface area (TPSA) is 58.7 Å². The number of allylic oxidation sites excluding steroid dienone is 1. The minimum atomic E-state index is 0.669. The van der Waals surface area contributed by atoms with E-state index in [0.29, 0.717) is 11.5 Å². The van der Waals surface area contributed by atoms with E-state index in [2.05, 4.69) is 4.99 Å². The fourth-order valence-electron chi connectivity index (χ4n) is 1.08. The highest BCUT2D eigenvalue weighted by atomic mass is 16.1. The smallest absolute Gasteiger partial charge is 0.215 e. The maximum absolute atomic E-state index is 10.5. The van der Waals surface area contributed by atoms with E-state index in [-0.39, 0.29) is 0 Å². The first kappa shape index (κ1) is 8.77. The van der Waals surface area contributed by atoms with Crippen molar-refractivity contribution in [3.05, 3.63) is 11.8 Å². The van der Waals surface area contributed by atoms with Gasteiger partial charge in [0, 0.05) is 18.8 Å². The predicted molar refractivity (Wildman–Crippen MR) is 47.6 cm³/mol. The van der Waals surface area contributed by atoms with E-state index in [4.69, 9.17) is 5.73 Å². The van der Waals surface area contributed by atoms with Crippen molar-refractivity contribution in [3.63, 3.8) is 0 Å². The quantitative estimate of drug-likeness (QED) is 0.593. The molecule has 12 heavy (non-hydrogen) atoms. The van der Waals surface area contributed by atoms with E-state index in [9.17, 15) is 4.79 Å². The number of rotatable bonds is 2. The first-order valence-corrected chi connectivity index (χ1v) is 3.94. The molecule has 0 fully saturated rings. The average Bonchev–Trinajstić information content (AvgIpc) is 2.04. The lowest BCUT2D eigenvalue weighted by Crippen LogP contribution is -2.33. The second-order valence-electron chi connectivity index (χ2n) is 2.78. The van der Waals surface area contributed by atoms with Crippen LogP contribution >= 0.6 is 0 Å². The summed E-state index contributed by atoms with van der Waals surface area (Å²) in [5.41, 5.74) is 6.15. The van der Waals surface area contributed by atoms with Gasteiger partial charge in [-0.15, -0.1) is 0 Å². The number of carbonyl (C=O) groups is 1. The molecule has 4 nitrogen and oxygen atoms in total. The summed E-state index contributed by atoms with van der Waals surface area (Å²) < 4.78 is 0. The van der Waals surface area contributed by atoms with Crippen LogP contribution < -0.4 is 5.73 Å². The van der Waals surface area contributed by atoms with Crippen molar-refractivity contribution in [2.45, 2.75) is 13.3 Å². The van der Waals surface area contributed by atoms with Gasteiger partial charge in [0.05, 0.1) is 0 Å². The number of nitrogens with two attached hydrogens (primary N) is 1. The highest BCUT2D eigenvalue weighted by molar-refractivity contribution is 5.99. The maximum atomic E-state index is 10.5. The molecule has 1 aliphatic heterocycles. The molecule has 1 amide bonds. The third-order valence-electron chi connectivity index (χ3n) is 1.61. The zero-order valence-electron chi connectivity index (χ0n) is 7.16. The van der Waals surface area contributed by atoms with Crippen LogP contribution in [0.2, 0.25) is 0 Å². The van der Waals surface area contributed by atoms with Gasteiger partial charge in [-0.1, -0.05) is 0 Å². The van der Waals surface area contributed by atoms with Gasteiger partial charge >= 0.3 is 0 Å². The molecule has 4 heteroatoms. The summed E-state index contributed by atoms with van der Waals surface area (Å²) >= 11 is 0. The summed E-state index contributed by atoms with van der Waals surface area (Å²) in [6.07, 6.45) is 3.44. The van der Waals surface area contributed by atoms with Crippen LogP contribution in [0.5, 0.6) is 0 Å². The Morgan fingerprint density at radius 1 is 1.75 bits per heavy atom. The molecule has 0 spiro atoms. The van der Waals surface area contributed by atoms with Gasteiger partial charge in [0.15, 0.2) is 0 Å². The number of nitrogens with zero attached hydrogens (tertiary/aromatic N) is 2. The number of aliphatic imine (C=N–C) groups is 1. The average molecular weight is 167 g/mol. The van der Waals surface area contributed by atoms with Crippen LogP contribution in [0.25, 0.3) is 0 Å². The molecule has 1 aliphatic rings. The SMILES string of the molecule is C/C(N)=C/C1=NCCCN1C=O. The zero-order valence-corrected chi connectivity index (χ0v) is 7.16. The Labute approximate surface area is 71.8 Å². The Morgan fingerprint density at radius 2 is 2.50 bits per heavy atom. The van der Waals surface area contributed by atoms with Crippen molar-refractivity contribution < 1.29 is 4.79 Å². The van der Waals surface area contributed by atoms with E-state index in [0.717, 1.165) is 25.9 Å². The Bertz CT molecular complexity index is 228. The Balaban J connectivity index is 2.77. The largest absolute Gasteiger partial charge is 0.402 e. The van der Waals surface area contributed by atoms with Crippen LogP contribution in [0.1, 0.15) is 13.3 Å². The van der Waals surface area contributed by atoms with Crippen molar-refractivity contribution in [1.82, 2.24) is 4.90 Å². The fourth-order valence-corrected chi connectivity index (χ4v) is 1.08. The summed E-state index contributed by atoms with van der Waals surface area (Å²) in [6.45, 7) is 3.30. The third kappa shape index (κ3) is 2.08. The van der Waals surface area contributed by atoms with Crippen LogP contribution in [0.3, 0.4) is 0 Å². The predicted octanol–water partition coefficient (Wildman–Crippen LogP) is 0.109. The lowest BCUT2D eigenvalue weighted by molar-refractivity contribution is -0.115. The molecule has 0 unspecified atom stereocenters. The van der Waals surface area contributed by atoms with E-state index >= 15 is 0 Å². The van der Waals surface area contributed by atoms with Crippen molar-refractivity contribution in [1.29, 1.82) is 0 Å². The van der Waals surface area contributed by atoms with Gasteiger partial charge in [0.2, 0.25) is 6.41 Å². The fraction of sp³-hybridized carbons (Fsp3) is 0.500. The summed E-state index contributed by atoms with van der Waals surface area (Å²) in [5.74, 6) is 0.677. The van der Waals surface area contributed by atoms with Gasteiger partial charge < -0.3 is 5.73 Å². The van der Waals surface area contributed by atoms with Crippen LogP contribution in [0.15, 0.2) is 16.8 Å². The molecule has 66 valence electrons. The van der Waals surface area contributed by atoms with Crippen LogP contribution in [-0.4, -0.2) is 30.2 Å². The first-order chi connectivity index (χ1) is 5.74. The lowest BCUT2D eigenvalue weighted by atomic mass is 10.3. The summed E-state index contributed by atoms with van der Waals surface area (Å²) in [6, 6.07) is 0. The number of amides is 1. The molecule has 0 saturated carbocycles. The second-order valence-corrected chi connectivity index (χ2v) is 2.78. The lowest BCUT2D eigenvalue weighted by Gasteiger charge is -2.21. The zero-order chi connectivity index (χ0) is 8.97. The third-order valence-corrected chi connectivity index (χ3v) is 1.61. The van der Waals surface area contributed by atoms with Crippen LogP contribution in [0, 0.1) is 0 Å². The minimum Gasteiger partial charge on any atom is -0.402 e. The Hall–Kier alpha value is -1.32. The molecule has 0 atom stereocenters. The van der Waals surface area contributed by atoms with Crippen molar-refractivity contribution in [2.75, 3.05) is 13.1 Å². The van der Waals surface area contributed by atoms with Crippen molar-refractivity contribution >= 4 is 12.2 Å². The van der Waals surface area contributed by atoms with E-state index in [1.54, 1.807) is 17.9 Å². The molecule has 0 aromatic heterocycles. The summed E-state index contributed by atoms with van der Waals surface area (Å²) in [4.78, 5) is 16.3. The molecular formula is C8H13N3O. The molecule has 0 aromatic rings. The van der Waals surface area contributed by atoms with Gasteiger partial charge in [-0.2, -0.15) is 0 Å². The normalized spacial score (nSPS) is 18.9. The molecular weight excluding hydrogens is 154 g/mol. The number of hydrogen-bond donors (Lipinski definition) is 1. The highest BCUT2D eigenvalue weighted by Crippen LogP contribution is 2.02. The number of carbonyl (C=O) groups excluding carboxylic acids is 1. The number of hydrogen-bond acceptors (Lipinski definition) is 3. The van der Waals surface area contributed by atoms with E-state index in [1.807, 2.05) is 0 Å². The van der Waals surface area contributed by atoms with E-state index in [1.165, 1.54) is 0 Å². The number of amidine groups is 1. The maximum Gasteiger partial charge on any atom is 0.215 e. The molecule has 1 rings (SSSR count). The van der Waals surface area contributed by atoms with E-state index < -0.39 is 0 Å². The van der Waals surface area contributed by atoms with Crippen LogP contribution in [0.4, 0.5) is 0 Å². The summed E-state index contributed by atoms with van der Waals surface area (Å²) in [5, 5.41) is 0. The Kier molecular flexibility index (Phi) is 2.85. The highest BCUT2D eigenvalue weighted by Gasteiger charge is 2.11. The van der Waals surface area contributed by atoms with Crippen LogP contribution in [-0.2, 0) is 4.79 Å². The molecule has 0 radical (unpaired) electrons. The van der Waals surface area contributed by atoms with Gasteiger partial charge in [-0.25, -0.2) is 0 Å².